The van der Waals surface area contributed by atoms with E-state index in [9.17, 15) is 0 Å². The Morgan fingerprint density at radius 2 is 1.85 bits per heavy atom. The molecular formula is C19H33N7. The molecule has 0 amide bonds. The van der Waals surface area contributed by atoms with Crippen LogP contribution in [0, 0.1) is 0 Å². The van der Waals surface area contributed by atoms with Crippen LogP contribution in [-0.2, 0) is 0 Å². The number of hydrogen-bond acceptors (Lipinski definition) is 7. The van der Waals surface area contributed by atoms with Gasteiger partial charge in [0.15, 0.2) is 0 Å². The van der Waals surface area contributed by atoms with Crippen LogP contribution in [0.1, 0.15) is 50.1 Å². The van der Waals surface area contributed by atoms with Crippen molar-refractivity contribution in [2.45, 2.75) is 56.0 Å². The summed E-state index contributed by atoms with van der Waals surface area (Å²) in [5, 5.41) is 3.61. The summed E-state index contributed by atoms with van der Waals surface area (Å²) in [6.07, 6.45) is 7.20. The minimum Gasteiger partial charge on any atom is -0.368 e. The maximum Gasteiger partial charge on any atom is 0.222 e. The minimum atomic E-state index is 0.264. The molecule has 7 heteroatoms. The lowest BCUT2D eigenvalue weighted by molar-refractivity contribution is 0.0510. The van der Waals surface area contributed by atoms with Crippen LogP contribution in [-0.4, -0.2) is 71.1 Å². The monoisotopic (exact) mass is 359 g/mol. The molecule has 0 aromatic carbocycles. The molecule has 2 saturated carbocycles. The number of hydrogen-bond donors (Lipinski definition) is 3. The summed E-state index contributed by atoms with van der Waals surface area (Å²) >= 11 is 0. The quantitative estimate of drug-likeness (QED) is 0.728. The molecule has 0 atom stereocenters. The molecule has 5 N–H and O–H groups in total. The van der Waals surface area contributed by atoms with Crippen LogP contribution < -0.4 is 16.8 Å². The fourth-order valence-electron chi connectivity index (χ4n) is 4.86. The summed E-state index contributed by atoms with van der Waals surface area (Å²) in [6, 6.07) is 2.39. The number of rotatable bonds is 5. The van der Waals surface area contributed by atoms with E-state index in [2.05, 4.69) is 38.2 Å². The van der Waals surface area contributed by atoms with Gasteiger partial charge in [-0.3, -0.25) is 4.90 Å². The number of nitrogen functional groups attached to an aromatic ring is 1. The van der Waals surface area contributed by atoms with Crippen LogP contribution in [0.25, 0.3) is 0 Å². The SMILES string of the molecule is CN1CCN(C2(CNc3cc(C4CC(N)C4)nc(N)n3)CCCC2)CC1. The van der Waals surface area contributed by atoms with Gasteiger partial charge >= 0.3 is 0 Å². The van der Waals surface area contributed by atoms with Gasteiger partial charge in [-0.1, -0.05) is 12.8 Å². The van der Waals surface area contributed by atoms with Gasteiger partial charge in [0, 0.05) is 56.3 Å². The van der Waals surface area contributed by atoms with Crippen LogP contribution in [0.2, 0.25) is 0 Å². The molecule has 1 saturated heterocycles. The molecule has 3 aliphatic rings. The molecule has 0 unspecified atom stereocenters. The van der Waals surface area contributed by atoms with E-state index >= 15 is 0 Å². The highest BCUT2D eigenvalue weighted by Gasteiger charge is 2.40. The van der Waals surface area contributed by atoms with Gasteiger partial charge in [-0.25, -0.2) is 4.98 Å². The highest BCUT2D eigenvalue weighted by Crippen LogP contribution is 2.37. The average molecular weight is 360 g/mol. The number of nitrogens with two attached hydrogens (primary N) is 2. The van der Waals surface area contributed by atoms with Crippen molar-refractivity contribution in [2.75, 3.05) is 50.8 Å². The van der Waals surface area contributed by atoms with Gasteiger partial charge in [0.05, 0.1) is 5.69 Å². The fourth-order valence-corrected chi connectivity index (χ4v) is 4.86. The van der Waals surface area contributed by atoms with E-state index in [0.717, 1.165) is 57.1 Å². The topological polar surface area (TPSA) is 96.3 Å². The zero-order valence-electron chi connectivity index (χ0n) is 16.0. The highest BCUT2D eigenvalue weighted by molar-refractivity contribution is 5.42. The Hall–Kier alpha value is -1.44. The first-order valence-corrected chi connectivity index (χ1v) is 10.1. The van der Waals surface area contributed by atoms with Gasteiger partial charge in [0.2, 0.25) is 5.95 Å². The number of likely N-dealkylation sites (N-methyl/N-ethyl adjacent to an activating group) is 1. The third kappa shape index (κ3) is 3.66. The predicted octanol–water partition coefficient (Wildman–Crippen LogP) is 1.24. The van der Waals surface area contributed by atoms with Gasteiger partial charge in [0.25, 0.3) is 0 Å². The summed E-state index contributed by atoms with van der Waals surface area (Å²) in [5.74, 6) is 1.67. The van der Waals surface area contributed by atoms with Crippen LogP contribution >= 0.6 is 0 Å². The first kappa shape index (κ1) is 17.9. The maximum atomic E-state index is 5.98. The summed E-state index contributed by atoms with van der Waals surface area (Å²) in [7, 11) is 2.22. The molecule has 7 nitrogen and oxygen atoms in total. The van der Waals surface area contributed by atoms with Crippen molar-refractivity contribution in [3.63, 3.8) is 0 Å². The summed E-state index contributed by atoms with van der Waals surface area (Å²) in [5.41, 5.74) is 13.2. The van der Waals surface area contributed by atoms with Gasteiger partial charge in [-0.05, 0) is 32.7 Å². The molecule has 3 fully saturated rings. The molecule has 1 aromatic heterocycles. The third-order valence-electron chi connectivity index (χ3n) is 6.66. The number of aromatic nitrogens is 2. The van der Waals surface area contributed by atoms with E-state index in [0.29, 0.717) is 17.9 Å². The number of nitrogens with zero attached hydrogens (tertiary/aromatic N) is 4. The lowest BCUT2D eigenvalue weighted by Gasteiger charge is -2.45. The second-order valence-electron chi connectivity index (χ2n) is 8.54. The number of anilines is 2. The Bertz CT molecular complexity index is 614. The summed E-state index contributed by atoms with van der Waals surface area (Å²) in [6.45, 7) is 5.59. The van der Waals surface area contributed by atoms with Crippen molar-refractivity contribution >= 4 is 11.8 Å². The molecule has 0 spiro atoms. The molecule has 0 radical (unpaired) electrons. The van der Waals surface area contributed by atoms with Crippen molar-refractivity contribution in [1.29, 1.82) is 0 Å². The normalized spacial score (nSPS) is 29.5. The van der Waals surface area contributed by atoms with E-state index in [1.807, 2.05) is 0 Å². The number of nitrogens with one attached hydrogen (secondary N) is 1. The first-order valence-electron chi connectivity index (χ1n) is 10.1. The first-order chi connectivity index (χ1) is 12.5. The molecule has 1 aromatic rings. The molecule has 2 aliphatic carbocycles. The maximum absolute atomic E-state index is 5.98. The standard InChI is InChI=1S/C19H33N7/c1-25-6-8-26(9-7-25)19(4-2-3-5-19)13-22-17-12-16(23-18(21)24-17)14-10-15(20)11-14/h12,14-15H,2-11,13,20H2,1H3,(H3,21,22,23,24). The Morgan fingerprint density at radius 1 is 1.15 bits per heavy atom. The minimum absolute atomic E-state index is 0.264. The molecule has 2 heterocycles. The van der Waals surface area contributed by atoms with Crippen LogP contribution in [0.15, 0.2) is 6.07 Å². The van der Waals surface area contributed by atoms with Crippen LogP contribution in [0.3, 0.4) is 0 Å². The predicted molar refractivity (Wildman–Crippen MR) is 105 cm³/mol. The van der Waals surface area contributed by atoms with Crippen molar-refractivity contribution in [1.82, 2.24) is 19.8 Å². The van der Waals surface area contributed by atoms with Crippen molar-refractivity contribution in [3.8, 4) is 0 Å². The third-order valence-corrected chi connectivity index (χ3v) is 6.66. The summed E-state index contributed by atoms with van der Waals surface area (Å²) in [4.78, 5) is 14.0. The van der Waals surface area contributed by atoms with Crippen molar-refractivity contribution in [3.05, 3.63) is 11.8 Å². The molecular weight excluding hydrogens is 326 g/mol. The van der Waals surface area contributed by atoms with Gasteiger partial charge < -0.3 is 21.7 Å². The van der Waals surface area contributed by atoms with Gasteiger partial charge in [0.1, 0.15) is 5.82 Å². The average Bonchev–Trinajstić information content (AvgIpc) is 3.07. The van der Waals surface area contributed by atoms with E-state index in [1.165, 1.54) is 25.7 Å². The highest BCUT2D eigenvalue weighted by atomic mass is 15.3. The zero-order valence-corrected chi connectivity index (χ0v) is 16.0. The second-order valence-corrected chi connectivity index (χ2v) is 8.54. The molecule has 0 bridgehead atoms. The number of piperazine rings is 1. The van der Waals surface area contributed by atoms with E-state index in [-0.39, 0.29) is 5.54 Å². The fraction of sp³-hybridized carbons (Fsp3) is 0.789. The molecule has 26 heavy (non-hydrogen) atoms. The summed E-state index contributed by atoms with van der Waals surface area (Å²) < 4.78 is 0. The Balaban J connectivity index is 1.44. The Kier molecular flexibility index (Phi) is 5.03. The van der Waals surface area contributed by atoms with Gasteiger partial charge in [-0.2, -0.15) is 4.98 Å². The Morgan fingerprint density at radius 3 is 2.50 bits per heavy atom. The van der Waals surface area contributed by atoms with Crippen LogP contribution in [0.5, 0.6) is 0 Å². The van der Waals surface area contributed by atoms with E-state index in [1.54, 1.807) is 0 Å². The molecule has 1 aliphatic heterocycles. The smallest absolute Gasteiger partial charge is 0.222 e. The van der Waals surface area contributed by atoms with Crippen molar-refractivity contribution in [2.24, 2.45) is 5.73 Å². The molecule has 4 rings (SSSR count). The Labute approximate surface area is 156 Å². The second kappa shape index (κ2) is 7.29. The lowest BCUT2D eigenvalue weighted by Crippen LogP contribution is -2.58. The lowest BCUT2D eigenvalue weighted by atomic mass is 9.78. The molecule has 144 valence electrons. The largest absolute Gasteiger partial charge is 0.368 e. The zero-order chi connectivity index (χ0) is 18.1. The van der Waals surface area contributed by atoms with Crippen LogP contribution in [0.4, 0.5) is 11.8 Å². The van der Waals surface area contributed by atoms with Crippen molar-refractivity contribution < 1.29 is 0 Å². The van der Waals surface area contributed by atoms with Gasteiger partial charge in [-0.15, -0.1) is 0 Å². The van der Waals surface area contributed by atoms with E-state index in [4.69, 9.17) is 11.5 Å². The van der Waals surface area contributed by atoms with E-state index < -0.39 is 0 Å².